The van der Waals surface area contributed by atoms with E-state index in [1.54, 1.807) is 28.8 Å². The van der Waals surface area contributed by atoms with Gasteiger partial charge in [-0.25, -0.2) is 18.4 Å². The minimum Gasteiger partial charge on any atom is -0.265 e. The van der Waals surface area contributed by atoms with Crippen molar-refractivity contribution in [3.8, 4) is 11.1 Å². The normalized spacial score (nSPS) is 17.3. The second-order valence-corrected chi connectivity index (χ2v) is 9.55. The molecule has 0 unspecified atom stereocenters. The van der Waals surface area contributed by atoms with Crippen LogP contribution < -0.4 is 0 Å². The molecule has 0 saturated carbocycles. The quantitative estimate of drug-likeness (QED) is 0.591. The fourth-order valence-corrected chi connectivity index (χ4v) is 5.59. The molecule has 3 heterocycles. The highest BCUT2D eigenvalue weighted by atomic mass is 32.2. The van der Waals surface area contributed by atoms with Gasteiger partial charge in [-0.05, 0) is 56.0 Å². The van der Waals surface area contributed by atoms with Crippen molar-refractivity contribution in [2.24, 2.45) is 0 Å². The first-order chi connectivity index (χ1) is 14.5. The number of benzene rings is 1. The smallest absolute Gasteiger partial charge is 0.243 e. The first-order valence-electron chi connectivity index (χ1n) is 10.4. The van der Waals surface area contributed by atoms with Crippen molar-refractivity contribution in [3.05, 3.63) is 72.1 Å². The minimum atomic E-state index is -3.62. The van der Waals surface area contributed by atoms with Crippen molar-refractivity contribution in [1.82, 2.24) is 19.3 Å². The summed E-state index contributed by atoms with van der Waals surface area (Å²) in [6.07, 6.45) is 8.54. The highest BCUT2D eigenvalue weighted by Gasteiger charge is 2.38. The van der Waals surface area contributed by atoms with E-state index in [4.69, 9.17) is 4.98 Å². The lowest BCUT2D eigenvalue weighted by atomic mass is 10.0. The Labute approximate surface area is 178 Å². The Morgan fingerprint density at radius 3 is 2.53 bits per heavy atom. The number of pyridine rings is 1. The number of rotatable bonds is 6. The van der Waals surface area contributed by atoms with Gasteiger partial charge < -0.3 is 0 Å². The van der Waals surface area contributed by atoms with E-state index in [0.29, 0.717) is 11.4 Å². The topological polar surface area (TPSA) is 76.1 Å². The third-order valence-electron chi connectivity index (χ3n) is 5.48. The summed E-state index contributed by atoms with van der Waals surface area (Å²) in [7, 11) is -3.62. The van der Waals surface area contributed by atoms with Crippen LogP contribution in [-0.4, -0.2) is 34.2 Å². The molecule has 4 rings (SSSR count). The van der Waals surface area contributed by atoms with Crippen LogP contribution in [0.4, 0.5) is 0 Å². The van der Waals surface area contributed by atoms with E-state index in [1.165, 1.54) is 0 Å². The minimum absolute atomic E-state index is 0.307. The van der Waals surface area contributed by atoms with Crippen LogP contribution in [0.2, 0.25) is 0 Å². The molecule has 1 aromatic carbocycles. The second kappa shape index (κ2) is 8.62. The van der Waals surface area contributed by atoms with Crippen LogP contribution in [0, 0.1) is 6.92 Å². The van der Waals surface area contributed by atoms with Crippen molar-refractivity contribution < 1.29 is 8.42 Å². The zero-order valence-electron chi connectivity index (χ0n) is 17.3. The van der Waals surface area contributed by atoms with Gasteiger partial charge in [0, 0.05) is 37.1 Å². The van der Waals surface area contributed by atoms with Gasteiger partial charge in [0.25, 0.3) is 0 Å². The Balaban J connectivity index is 1.80. The first kappa shape index (κ1) is 20.6. The molecule has 0 amide bonds. The second-order valence-electron chi connectivity index (χ2n) is 7.66. The number of hydrogen-bond acceptors (Lipinski definition) is 5. The molecule has 2 aromatic heterocycles. The van der Waals surface area contributed by atoms with Gasteiger partial charge in [0.2, 0.25) is 10.0 Å². The first-order valence-corrected chi connectivity index (χ1v) is 11.8. The number of sulfonamides is 1. The number of aromatic nitrogens is 3. The zero-order chi connectivity index (χ0) is 21.1. The molecular weight excluding hydrogens is 396 g/mol. The van der Waals surface area contributed by atoms with Crippen molar-refractivity contribution in [1.29, 1.82) is 0 Å². The molecule has 6 nitrogen and oxygen atoms in total. The Kier molecular flexibility index (Phi) is 5.92. The molecule has 0 aliphatic carbocycles. The summed E-state index contributed by atoms with van der Waals surface area (Å²) in [5.74, 6) is 0.755. The van der Waals surface area contributed by atoms with Gasteiger partial charge in [-0.15, -0.1) is 0 Å². The molecule has 156 valence electrons. The monoisotopic (exact) mass is 422 g/mol. The predicted molar refractivity (Wildman–Crippen MR) is 116 cm³/mol. The molecule has 0 spiro atoms. The van der Waals surface area contributed by atoms with Gasteiger partial charge in [-0.3, -0.25) is 4.98 Å². The summed E-state index contributed by atoms with van der Waals surface area (Å²) in [5, 5.41) is 0. The van der Waals surface area contributed by atoms with Crippen LogP contribution >= 0.6 is 0 Å². The maximum Gasteiger partial charge on any atom is 0.243 e. The van der Waals surface area contributed by atoms with Crippen LogP contribution in [0.3, 0.4) is 0 Å². The summed E-state index contributed by atoms with van der Waals surface area (Å²) in [4.78, 5) is 13.8. The van der Waals surface area contributed by atoms with Gasteiger partial charge in [0.05, 0.1) is 16.6 Å². The number of aryl methyl sites for hydroxylation is 2. The molecule has 7 heteroatoms. The molecule has 3 aromatic rings. The van der Waals surface area contributed by atoms with Crippen molar-refractivity contribution in [3.63, 3.8) is 0 Å². The lowest BCUT2D eigenvalue weighted by Gasteiger charge is -2.25. The SMILES string of the molecule is CCCc1ncc(-c2ccncc2)c([C@@H]2CCCN2S(=O)(=O)c2ccc(C)cc2)n1. The average Bonchev–Trinajstić information content (AvgIpc) is 3.26. The third kappa shape index (κ3) is 4.00. The van der Waals surface area contributed by atoms with Crippen molar-refractivity contribution in [2.75, 3.05) is 6.54 Å². The van der Waals surface area contributed by atoms with E-state index in [-0.39, 0.29) is 6.04 Å². The maximum absolute atomic E-state index is 13.5. The van der Waals surface area contributed by atoms with Crippen LogP contribution in [0.15, 0.2) is 59.9 Å². The van der Waals surface area contributed by atoms with Crippen LogP contribution in [0.1, 0.15) is 49.3 Å². The number of hydrogen-bond donors (Lipinski definition) is 0. The molecule has 1 fully saturated rings. The molecule has 30 heavy (non-hydrogen) atoms. The van der Waals surface area contributed by atoms with Gasteiger partial charge in [0.15, 0.2) is 0 Å². The Hall–Kier alpha value is -2.64. The summed E-state index contributed by atoms with van der Waals surface area (Å²) in [5.41, 5.74) is 3.63. The number of nitrogens with zero attached hydrogens (tertiary/aromatic N) is 4. The van der Waals surface area contributed by atoms with Crippen LogP contribution in [-0.2, 0) is 16.4 Å². The predicted octanol–water partition coefficient (Wildman–Crippen LogP) is 4.33. The molecular formula is C23H26N4O2S. The Morgan fingerprint density at radius 2 is 1.83 bits per heavy atom. The van der Waals surface area contributed by atoms with E-state index >= 15 is 0 Å². The van der Waals surface area contributed by atoms with E-state index in [2.05, 4.69) is 16.9 Å². The fraction of sp³-hybridized carbons (Fsp3) is 0.348. The zero-order valence-corrected chi connectivity index (χ0v) is 18.1. The third-order valence-corrected chi connectivity index (χ3v) is 7.40. The molecule has 1 atom stereocenters. The van der Waals surface area contributed by atoms with Crippen LogP contribution in [0.5, 0.6) is 0 Å². The van der Waals surface area contributed by atoms with Crippen molar-refractivity contribution in [2.45, 2.75) is 50.5 Å². The van der Waals surface area contributed by atoms with E-state index in [1.807, 2.05) is 37.4 Å². The highest BCUT2D eigenvalue weighted by molar-refractivity contribution is 7.89. The lowest BCUT2D eigenvalue weighted by Crippen LogP contribution is -2.31. The summed E-state index contributed by atoms with van der Waals surface area (Å²) >= 11 is 0. The van der Waals surface area contributed by atoms with Gasteiger partial charge >= 0.3 is 0 Å². The lowest BCUT2D eigenvalue weighted by molar-refractivity contribution is 0.390. The van der Waals surface area contributed by atoms with E-state index < -0.39 is 10.0 Å². The highest BCUT2D eigenvalue weighted by Crippen LogP contribution is 2.39. The summed E-state index contributed by atoms with van der Waals surface area (Å²) in [6.45, 7) is 4.53. The fourth-order valence-electron chi connectivity index (χ4n) is 3.93. The molecule has 0 radical (unpaired) electrons. The van der Waals surface area contributed by atoms with Gasteiger partial charge in [0.1, 0.15) is 5.82 Å². The Morgan fingerprint density at radius 1 is 1.10 bits per heavy atom. The van der Waals surface area contributed by atoms with E-state index in [9.17, 15) is 8.42 Å². The van der Waals surface area contributed by atoms with Crippen LogP contribution in [0.25, 0.3) is 11.1 Å². The summed E-state index contributed by atoms with van der Waals surface area (Å²) < 4.78 is 28.5. The molecule has 1 aliphatic rings. The standard InChI is InChI=1S/C23H26N4O2S/c1-3-5-22-25-16-20(18-11-13-24-14-12-18)23(26-22)21-6-4-15-27(21)30(28,29)19-9-7-17(2)8-10-19/h7-14,16,21H,3-6,15H2,1-2H3/t21-/m0/s1. The summed E-state index contributed by atoms with van der Waals surface area (Å²) in [6, 6.07) is 10.6. The van der Waals surface area contributed by atoms with Crippen molar-refractivity contribution >= 4 is 10.0 Å². The maximum atomic E-state index is 13.5. The van der Waals surface area contributed by atoms with Gasteiger partial charge in [-0.1, -0.05) is 24.6 Å². The van der Waals surface area contributed by atoms with E-state index in [0.717, 1.165) is 53.9 Å². The van der Waals surface area contributed by atoms with Gasteiger partial charge in [-0.2, -0.15) is 4.31 Å². The molecule has 1 aliphatic heterocycles. The molecule has 1 saturated heterocycles. The largest absolute Gasteiger partial charge is 0.265 e. The molecule has 0 bridgehead atoms. The Bertz CT molecular complexity index is 1120. The molecule has 0 N–H and O–H groups in total. The average molecular weight is 423 g/mol.